The van der Waals surface area contributed by atoms with Crippen molar-refractivity contribution >= 4 is 5.78 Å². The Labute approximate surface area is 81.1 Å². The van der Waals surface area contributed by atoms with E-state index in [0.29, 0.717) is 18.9 Å². The Morgan fingerprint density at radius 3 is 2.38 bits per heavy atom. The van der Waals surface area contributed by atoms with E-state index in [1.54, 1.807) is 0 Å². The molecule has 0 saturated carbocycles. The van der Waals surface area contributed by atoms with E-state index in [0.717, 1.165) is 6.54 Å². The molecule has 0 aliphatic rings. The van der Waals surface area contributed by atoms with Crippen LogP contribution in [0, 0.1) is 5.92 Å². The molecule has 0 fully saturated rings. The van der Waals surface area contributed by atoms with Gasteiger partial charge in [-0.25, -0.2) is 0 Å². The number of rotatable bonds is 6. The zero-order valence-corrected chi connectivity index (χ0v) is 9.18. The van der Waals surface area contributed by atoms with Gasteiger partial charge in [-0.2, -0.15) is 0 Å². The molecule has 0 spiro atoms. The molecule has 0 unspecified atom stereocenters. The van der Waals surface area contributed by atoms with Crippen molar-refractivity contribution in [2.45, 2.75) is 39.7 Å². The Morgan fingerprint density at radius 2 is 2.00 bits per heavy atom. The van der Waals surface area contributed by atoms with Crippen LogP contribution in [0.25, 0.3) is 0 Å². The average molecular weight is 186 g/mol. The van der Waals surface area contributed by atoms with Crippen LogP contribution in [-0.4, -0.2) is 24.4 Å². The summed E-state index contributed by atoms with van der Waals surface area (Å²) >= 11 is 0. The van der Waals surface area contributed by atoms with Gasteiger partial charge in [0, 0.05) is 6.42 Å². The second kappa shape index (κ2) is 5.35. The van der Waals surface area contributed by atoms with Crippen molar-refractivity contribution in [1.82, 2.24) is 5.32 Å². The van der Waals surface area contributed by atoms with E-state index >= 15 is 0 Å². The number of nitrogens with one attached hydrogen (secondary N) is 1. The lowest BCUT2D eigenvalue weighted by atomic mass is 9.96. The molecule has 0 aliphatic heterocycles. The van der Waals surface area contributed by atoms with Crippen molar-refractivity contribution in [2.75, 3.05) is 13.1 Å². The van der Waals surface area contributed by atoms with Crippen LogP contribution in [0.3, 0.4) is 0 Å². The first-order valence-corrected chi connectivity index (χ1v) is 4.88. The molecule has 0 aromatic rings. The van der Waals surface area contributed by atoms with Crippen LogP contribution in [0.15, 0.2) is 0 Å². The molecule has 0 bridgehead atoms. The van der Waals surface area contributed by atoms with Gasteiger partial charge in [-0.05, 0) is 32.9 Å². The van der Waals surface area contributed by atoms with Gasteiger partial charge in [0.2, 0.25) is 0 Å². The summed E-state index contributed by atoms with van der Waals surface area (Å²) in [5, 5.41) is 3.24. The first-order chi connectivity index (χ1) is 5.90. The standard InChI is InChI=1S/C10H22N2O/c1-8(2)7-12-10(3,4)9(13)5-6-11/h8,12H,5-7,11H2,1-4H3. The fraction of sp³-hybridized carbons (Fsp3) is 0.900. The number of hydrogen-bond donors (Lipinski definition) is 2. The van der Waals surface area contributed by atoms with Crippen LogP contribution in [0.2, 0.25) is 0 Å². The van der Waals surface area contributed by atoms with E-state index in [9.17, 15) is 4.79 Å². The Hall–Kier alpha value is -0.410. The van der Waals surface area contributed by atoms with E-state index < -0.39 is 5.54 Å². The van der Waals surface area contributed by atoms with E-state index in [4.69, 9.17) is 5.73 Å². The van der Waals surface area contributed by atoms with Gasteiger partial charge in [0.1, 0.15) is 0 Å². The maximum atomic E-state index is 11.5. The molecule has 0 aliphatic carbocycles. The molecule has 78 valence electrons. The molecule has 3 nitrogen and oxygen atoms in total. The fourth-order valence-corrected chi connectivity index (χ4v) is 1.00. The van der Waals surface area contributed by atoms with Gasteiger partial charge >= 0.3 is 0 Å². The number of hydrogen-bond acceptors (Lipinski definition) is 3. The molecule has 0 heterocycles. The second-order valence-electron chi connectivity index (χ2n) is 4.36. The zero-order chi connectivity index (χ0) is 10.5. The summed E-state index contributed by atoms with van der Waals surface area (Å²) in [5.74, 6) is 0.751. The molecule has 0 radical (unpaired) electrons. The summed E-state index contributed by atoms with van der Waals surface area (Å²) in [6, 6.07) is 0. The summed E-state index contributed by atoms with van der Waals surface area (Å²) in [5.41, 5.74) is 4.91. The largest absolute Gasteiger partial charge is 0.330 e. The molecule has 0 saturated heterocycles. The highest BCUT2D eigenvalue weighted by molar-refractivity contribution is 5.87. The number of Topliss-reactive ketones (excluding diaryl/α,β-unsaturated/α-hetero) is 1. The lowest BCUT2D eigenvalue weighted by Crippen LogP contribution is -2.48. The smallest absolute Gasteiger partial charge is 0.153 e. The predicted octanol–water partition coefficient (Wildman–Crippen LogP) is 0.928. The normalized spacial score (nSPS) is 12.2. The van der Waals surface area contributed by atoms with Crippen molar-refractivity contribution in [3.05, 3.63) is 0 Å². The lowest BCUT2D eigenvalue weighted by Gasteiger charge is -2.25. The molecule has 13 heavy (non-hydrogen) atoms. The van der Waals surface area contributed by atoms with Crippen molar-refractivity contribution < 1.29 is 4.79 Å². The quantitative estimate of drug-likeness (QED) is 0.649. The summed E-state index contributed by atoms with van der Waals surface area (Å²) in [6.07, 6.45) is 0.456. The fourth-order valence-electron chi connectivity index (χ4n) is 1.00. The number of carbonyl (C=O) groups is 1. The van der Waals surface area contributed by atoms with Crippen LogP contribution in [0.4, 0.5) is 0 Å². The van der Waals surface area contributed by atoms with Crippen molar-refractivity contribution in [2.24, 2.45) is 11.7 Å². The summed E-state index contributed by atoms with van der Waals surface area (Å²) in [6.45, 7) is 9.36. The maximum Gasteiger partial charge on any atom is 0.153 e. The third-order valence-corrected chi connectivity index (χ3v) is 2.02. The Balaban J connectivity index is 3.98. The Morgan fingerprint density at radius 1 is 1.46 bits per heavy atom. The lowest BCUT2D eigenvalue weighted by molar-refractivity contribution is -0.124. The zero-order valence-electron chi connectivity index (χ0n) is 9.18. The molecular weight excluding hydrogens is 164 g/mol. The number of nitrogens with two attached hydrogens (primary N) is 1. The average Bonchev–Trinajstić information content (AvgIpc) is 2.01. The molecular formula is C10H22N2O. The minimum absolute atomic E-state index is 0.190. The van der Waals surface area contributed by atoms with Crippen LogP contribution in [0.1, 0.15) is 34.1 Å². The highest BCUT2D eigenvalue weighted by atomic mass is 16.1. The molecule has 3 heteroatoms. The van der Waals surface area contributed by atoms with Crippen LogP contribution in [0.5, 0.6) is 0 Å². The van der Waals surface area contributed by atoms with Gasteiger partial charge in [0.05, 0.1) is 5.54 Å². The van der Waals surface area contributed by atoms with E-state index in [2.05, 4.69) is 19.2 Å². The molecule has 0 rings (SSSR count). The van der Waals surface area contributed by atoms with Gasteiger partial charge in [-0.15, -0.1) is 0 Å². The topological polar surface area (TPSA) is 55.1 Å². The maximum absolute atomic E-state index is 11.5. The predicted molar refractivity (Wildman–Crippen MR) is 55.6 cm³/mol. The van der Waals surface area contributed by atoms with Gasteiger partial charge in [-0.3, -0.25) is 4.79 Å². The number of ketones is 1. The third-order valence-electron chi connectivity index (χ3n) is 2.02. The molecule has 0 amide bonds. The van der Waals surface area contributed by atoms with E-state index in [1.165, 1.54) is 0 Å². The van der Waals surface area contributed by atoms with Gasteiger partial charge in [0.15, 0.2) is 5.78 Å². The van der Waals surface area contributed by atoms with Gasteiger partial charge in [0.25, 0.3) is 0 Å². The SMILES string of the molecule is CC(C)CNC(C)(C)C(=O)CCN. The van der Waals surface area contributed by atoms with Crippen molar-refractivity contribution in [1.29, 1.82) is 0 Å². The first-order valence-electron chi connectivity index (χ1n) is 4.88. The van der Waals surface area contributed by atoms with Crippen LogP contribution < -0.4 is 11.1 Å². The van der Waals surface area contributed by atoms with E-state index in [-0.39, 0.29) is 5.78 Å². The summed E-state index contributed by atoms with van der Waals surface area (Å²) < 4.78 is 0. The Bertz CT molecular complexity index is 164. The van der Waals surface area contributed by atoms with Gasteiger partial charge < -0.3 is 11.1 Å². The minimum atomic E-state index is -0.427. The number of carbonyl (C=O) groups excluding carboxylic acids is 1. The molecule has 0 aromatic heterocycles. The third kappa shape index (κ3) is 5.01. The van der Waals surface area contributed by atoms with Crippen molar-refractivity contribution in [3.63, 3.8) is 0 Å². The van der Waals surface area contributed by atoms with Gasteiger partial charge in [-0.1, -0.05) is 13.8 Å². The summed E-state index contributed by atoms with van der Waals surface area (Å²) in [7, 11) is 0. The van der Waals surface area contributed by atoms with Crippen LogP contribution >= 0.6 is 0 Å². The first kappa shape index (κ1) is 12.6. The highest BCUT2D eigenvalue weighted by Crippen LogP contribution is 2.07. The highest BCUT2D eigenvalue weighted by Gasteiger charge is 2.25. The minimum Gasteiger partial charge on any atom is -0.330 e. The monoisotopic (exact) mass is 186 g/mol. The van der Waals surface area contributed by atoms with Crippen molar-refractivity contribution in [3.8, 4) is 0 Å². The molecule has 3 N–H and O–H groups in total. The Kier molecular flexibility index (Phi) is 5.18. The second-order valence-corrected chi connectivity index (χ2v) is 4.36. The van der Waals surface area contributed by atoms with Crippen LogP contribution in [-0.2, 0) is 4.79 Å². The van der Waals surface area contributed by atoms with E-state index in [1.807, 2.05) is 13.8 Å². The molecule has 0 atom stereocenters. The molecule has 0 aromatic carbocycles. The summed E-state index contributed by atoms with van der Waals surface area (Å²) in [4.78, 5) is 11.5.